The molecule has 2 rings (SSSR count). The van der Waals surface area contributed by atoms with Gasteiger partial charge in [0.05, 0.1) is 4.90 Å². The van der Waals surface area contributed by atoms with Gasteiger partial charge < -0.3 is 5.32 Å². The molecule has 1 N–H and O–H groups in total. The Bertz CT molecular complexity index is 794. The summed E-state index contributed by atoms with van der Waals surface area (Å²) in [5.74, 6) is -0.947. The van der Waals surface area contributed by atoms with Crippen molar-refractivity contribution in [3.8, 4) is 0 Å². The van der Waals surface area contributed by atoms with Gasteiger partial charge in [0.15, 0.2) is 0 Å². The molecular formula is C16H20N2O4S. The molecule has 0 spiro atoms. The van der Waals surface area contributed by atoms with Gasteiger partial charge in [-0.2, -0.15) is 0 Å². The fourth-order valence-electron chi connectivity index (χ4n) is 2.43. The molecule has 1 aromatic carbocycles. The van der Waals surface area contributed by atoms with Gasteiger partial charge in [0, 0.05) is 23.7 Å². The Labute approximate surface area is 136 Å². The molecule has 1 aliphatic heterocycles. The SMILES string of the molecule is CCN1/C(=C(/C)NC(=O)C(C)C)C(=O)c2ccccc2S1(=O)=O. The molecule has 1 amide bonds. The second-order valence-electron chi connectivity index (χ2n) is 5.61. The first kappa shape index (κ1) is 17.2. The standard InChI is InChI=1S/C16H20N2O4S/c1-5-18-14(11(4)17-16(20)10(2)3)15(19)12-8-6-7-9-13(12)23(18,21)22/h6-10H,5H2,1-4H3,(H,17,20)/b14-11-. The molecule has 1 aromatic rings. The lowest BCUT2D eigenvalue weighted by Crippen LogP contribution is -2.41. The molecule has 0 fully saturated rings. The van der Waals surface area contributed by atoms with Crippen molar-refractivity contribution in [2.45, 2.75) is 32.6 Å². The number of likely N-dealkylation sites (N-methyl/N-ethyl adjacent to an activating group) is 1. The number of ketones is 1. The summed E-state index contributed by atoms with van der Waals surface area (Å²) in [6.07, 6.45) is 0. The van der Waals surface area contributed by atoms with E-state index in [0.29, 0.717) is 0 Å². The minimum Gasteiger partial charge on any atom is -0.328 e. The molecule has 0 saturated carbocycles. The van der Waals surface area contributed by atoms with Gasteiger partial charge >= 0.3 is 0 Å². The number of benzene rings is 1. The fourth-order valence-corrected chi connectivity index (χ4v) is 4.16. The highest BCUT2D eigenvalue weighted by Gasteiger charge is 2.39. The number of carbonyl (C=O) groups is 2. The monoisotopic (exact) mass is 336 g/mol. The number of nitrogens with one attached hydrogen (secondary N) is 1. The van der Waals surface area contributed by atoms with Crippen molar-refractivity contribution in [3.63, 3.8) is 0 Å². The lowest BCUT2D eigenvalue weighted by molar-refractivity contribution is -0.123. The van der Waals surface area contributed by atoms with E-state index in [1.807, 2.05) is 0 Å². The Balaban J connectivity index is 2.65. The van der Waals surface area contributed by atoms with E-state index < -0.39 is 15.8 Å². The molecule has 0 aromatic heterocycles. The van der Waals surface area contributed by atoms with E-state index in [9.17, 15) is 18.0 Å². The highest BCUT2D eigenvalue weighted by molar-refractivity contribution is 7.89. The summed E-state index contributed by atoms with van der Waals surface area (Å²) in [5.41, 5.74) is 0.374. The number of hydrogen-bond donors (Lipinski definition) is 1. The normalized spacial score (nSPS) is 18.7. The van der Waals surface area contributed by atoms with Crippen LogP contribution in [0.5, 0.6) is 0 Å². The van der Waals surface area contributed by atoms with Crippen LogP contribution in [0.3, 0.4) is 0 Å². The zero-order valence-electron chi connectivity index (χ0n) is 13.6. The van der Waals surface area contributed by atoms with Gasteiger partial charge in [-0.15, -0.1) is 0 Å². The molecule has 7 heteroatoms. The molecule has 23 heavy (non-hydrogen) atoms. The third-order valence-electron chi connectivity index (χ3n) is 3.64. The maximum atomic E-state index is 12.8. The summed E-state index contributed by atoms with van der Waals surface area (Å²) in [5, 5.41) is 2.63. The van der Waals surface area contributed by atoms with Gasteiger partial charge in [-0.3, -0.25) is 13.9 Å². The predicted molar refractivity (Wildman–Crippen MR) is 86.0 cm³/mol. The molecule has 1 aliphatic rings. The van der Waals surface area contributed by atoms with Crippen LogP contribution in [0.15, 0.2) is 40.6 Å². The van der Waals surface area contributed by atoms with Crippen LogP contribution in [0.2, 0.25) is 0 Å². The second kappa shape index (κ2) is 6.16. The number of amides is 1. The highest BCUT2D eigenvalue weighted by atomic mass is 32.2. The Morgan fingerprint density at radius 2 is 1.87 bits per heavy atom. The highest BCUT2D eigenvalue weighted by Crippen LogP contribution is 2.32. The molecule has 0 unspecified atom stereocenters. The van der Waals surface area contributed by atoms with Gasteiger partial charge in [0.2, 0.25) is 11.7 Å². The molecule has 0 bridgehead atoms. The van der Waals surface area contributed by atoms with Gasteiger partial charge in [0.25, 0.3) is 10.0 Å². The number of rotatable bonds is 3. The summed E-state index contributed by atoms with van der Waals surface area (Å²) in [7, 11) is -3.81. The molecule has 1 heterocycles. The number of nitrogens with zero attached hydrogens (tertiary/aromatic N) is 1. The van der Waals surface area contributed by atoms with Gasteiger partial charge in [-0.05, 0) is 26.0 Å². The largest absolute Gasteiger partial charge is 0.328 e. The van der Waals surface area contributed by atoms with E-state index in [1.165, 1.54) is 12.1 Å². The van der Waals surface area contributed by atoms with Crippen LogP contribution in [0, 0.1) is 5.92 Å². The van der Waals surface area contributed by atoms with Crippen LogP contribution >= 0.6 is 0 Å². The molecular weight excluding hydrogens is 316 g/mol. The van der Waals surface area contributed by atoms with E-state index in [-0.39, 0.29) is 40.2 Å². The van der Waals surface area contributed by atoms with Crippen molar-refractivity contribution in [1.82, 2.24) is 9.62 Å². The number of hydrogen-bond acceptors (Lipinski definition) is 4. The maximum Gasteiger partial charge on any atom is 0.265 e. The van der Waals surface area contributed by atoms with Crippen LogP contribution in [0.1, 0.15) is 38.1 Å². The van der Waals surface area contributed by atoms with E-state index in [2.05, 4.69) is 5.32 Å². The Morgan fingerprint density at radius 1 is 1.26 bits per heavy atom. The van der Waals surface area contributed by atoms with Crippen LogP contribution in [-0.2, 0) is 14.8 Å². The van der Waals surface area contributed by atoms with Gasteiger partial charge in [-0.1, -0.05) is 26.0 Å². The Kier molecular flexibility index (Phi) is 4.61. The number of allylic oxidation sites excluding steroid dienone is 2. The van der Waals surface area contributed by atoms with E-state index in [1.54, 1.807) is 39.8 Å². The van der Waals surface area contributed by atoms with Crippen molar-refractivity contribution in [2.24, 2.45) is 5.92 Å². The van der Waals surface area contributed by atoms with Crippen molar-refractivity contribution in [1.29, 1.82) is 0 Å². The lowest BCUT2D eigenvalue weighted by Gasteiger charge is -2.31. The van der Waals surface area contributed by atoms with E-state index in [0.717, 1.165) is 4.31 Å². The Hall–Kier alpha value is -2.15. The maximum absolute atomic E-state index is 12.8. The third-order valence-corrected chi connectivity index (χ3v) is 5.57. The first-order chi connectivity index (χ1) is 10.7. The summed E-state index contributed by atoms with van der Waals surface area (Å²) >= 11 is 0. The van der Waals surface area contributed by atoms with Crippen LogP contribution in [-0.4, -0.2) is 31.0 Å². The van der Waals surface area contributed by atoms with Crippen LogP contribution < -0.4 is 5.32 Å². The fraction of sp³-hybridized carbons (Fsp3) is 0.375. The number of sulfonamides is 1. The predicted octanol–water partition coefficient (Wildman–Crippen LogP) is 1.90. The summed E-state index contributed by atoms with van der Waals surface area (Å²) < 4.78 is 26.5. The number of carbonyl (C=O) groups excluding carboxylic acids is 2. The van der Waals surface area contributed by atoms with Crippen LogP contribution in [0.25, 0.3) is 0 Å². The molecule has 0 aliphatic carbocycles. The topological polar surface area (TPSA) is 83.6 Å². The minimum absolute atomic E-state index is 0.000185. The molecule has 0 radical (unpaired) electrons. The van der Waals surface area contributed by atoms with E-state index >= 15 is 0 Å². The smallest absolute Gasteiger partial charge is 0.265 e. The molecule has 6 nitrogen and oxygen atoms in total. The molecule has 0 saturated heterocycles. The average molecular weight is 336 g/mol. The average Bonchev–Trinajstić information content (AvgIpc) is 2.50. The van der Waals surface area contributed by atoms with Gasteiger partial charge in [-0.25, -0.2) is 8.42 Å². The zero-order chi connectivity index (χ0) is 17.4. The lowest BCUT2D eigenvalue weighted by atomic mass is 10.1. The number of Topliss-reactive ketones (excluding diaryl/α,β-unsaturated/α-hetero) is 1. The van der Waals surface area contributed by atoms with Crippen molar-refractivity contribution in [2.75, 3.05) is 6.54 Å². The number of fused-ring (bicyclic) bond motifs is 1. The first-order valence-corrected chi connectivity index (χ1v) is 8.84. The van der Waals surface area contributed by atoms with Crippen LogP contribution in [0.4, 0.5) is 0 Å². The summed E-state index contributed by atoms with van der Waals surface area (Å²) in [6.45, 7) is 6.74. The summed E-state index contributed by atoms with van der Waals surface area (Å²) in [4.78, 5) is 24.6. The molecule has 124 valence electrons. The van der Waals surface area contributed by atoms with Crippen molar-refractivity contribution in [3.05, 3.63) is 41.2 Å². The second-order valence-corrected chi connectivity index (χ2v) is 7.44. The summed E-state index contributed by atoms with van der Waals surface area (Å²) in [6, 6.07) is 6.11. The van der Waals surface area contributed by atoms with Gasteiger partial charge in [0.1, 0.15) is 5.70 Å². The minimum atomic E-state index is -3.81. The molecule has 0 atom stereocenters. The van der Waals surface area contributed by atoms with Crippen molar-refractivity contribution < 1.29 is 18.0 Å². The zero-order valence-corrected chi connectivity index (χ0v) is 14.4. The van der Waals surface area contributed by atoms with E-state index in [4.69, 9.17) is 0 Å². The quantitative estimate of drug-likeness (QED) is 0.855. The third kappa shape index (κ3) is 2.88. The first-order valence-electron chi connectivity index (χ1n) is 7.40. The Morgan fingerprint density at radius 3 is 2.43 bits per heavy atom. The van der Waals surface area contributed by atoms with Crippen molar-refractivity contribution >= 4 is 21.7 Å².